The first-order chi connectivity index (χ1) is 17.2. The number of carbonyl (C=O) groups is 2. The molecule has 1 unspecified atom stereocenters. The molecule has 2 heterocycles. The molecule has 1 saturated carbocycles. The van der Waals surface area contributed by atoms with Gasteiger partial charge in [-0.2, -0.15) is 0 Å². The molecule has 2 aromatic carbocycles. The van der Waals surface area contributed by atoms with Gasteiger partial charge in [-0.05, 0) is 49.1 Å². The van der Waals surface area contributed by atoms with E-state index >= 15 is 0 Å². The number of ether oxygens (including phenoxy) is 1. The number of fused-ring (bicyclic) bond motifs is 4. The van der Waals surface area contributed by atoms with Crippen LogP contribution in [0, 0.1) is 21.4 Å². The molecule has 6 rings (SSSR count). The standard InChI is InChI=1S/C28H26N2O6/c1-17-23(31)12-14-27(2)13-11-21-25(24(17)27)35-26(32)28(21)16-22(18-7-6-10-20(15-18)30(33)34)29(36-28)19-8-4-3-5-9-19/h3-10,12,14-15,21-22,25H,11,13,16H2,1-2H3/t21-,22-,25+,27+,28?/m1/s1. The second-order valence-electron chi connectivity index (χ2n) is 10.3. The molecular formula is C28H26N2O6. The van der Waals surface area contributed by atoms with Crippen molar-refractivity contribution in [2.24, 2.45) is 11.3 Å². The van der Waals surface area contributed by atoms with Gasteiger partial charge in [0.2, 0.25) is 5.60 Å². The summed E-state index contributed by atoms with van der Waals surface area (Å²) in [5, 5.41) is 13.2. The number of non-ortho nitro benzene ring substituents is 1. The van der Waals surface area contributed by atoms with Crippen LogP contribution in [0.25, 0.3) is 0 Å². The lowest BCUT2D eigenvalue weighted by Crippen LogP contribution is -2.47. The summed E-state index contributed by atoms with van der Waals surface area (Å²) in [6, 6.07) is 15.4. The Hall–Kier alpha value is -3.78. The smallest absolute Gasteiger partial charge is 0.342 e. The Kier molecular flexibility index (Phi) is 4.95. The Morgan fingerprint density at radius 3 is 2.64 bits per heavy atom. The van der Waals surface area contributed by atoms with E-state index in [4.69, 9.17) is 9.57 Å². The Morgan fingerprint density at radius 2 is 1.89 bits per heavy atom. The molecule has 0 radical (unpaired) electrons. The van der Waals surface area contributed by atoms with E-state index in [1.165, 1.54) is 12.1 Å². The second kappa shape index (κ2) is 7.86. The van der Waals surface area contributed by atoms with Gasteiger partial charge in [-0.15, -0.1) is 0 Å². The molecule has 0 aromatic heterocycles. The third-order valence-electron chi connectivity index (χ3n) is 8.31. The van der Waals surface area contributed by atoms with Crippen molar-refractivity contribution in [3.8, 4) is 0 Å². The first kappa shape index (κ1) is 22.7. The molecule has 3 fully saturated rings. The molecule has 1 spiro atoms. The number of nitro groups is 1. The molecule has 0 amide bonds. The van der Waals surface area contributed by atoms with E-state index < -0.39 is 28.6 Å². The van der Waals surface area contributed by atoms with Crippen LogP contribution in [0.3, 0.4) is 0 Å². The van der Waals surface area contributed by atoms with Crippen molar-refractivity contribution in [3.63, 3.8) is 0 Å². The lowest BCUT2D eigenvalue weighted by atomic mass is 9.60. The van der Waals surface area contributed by atoms with Crippen LogP contribution in [0.15, 0.2) is 77.9 Å². The summed E-state index contributed by atoms with van der Waals surface area (Å²) >= 11 is 0. The molecule has 2 aromatic rings. The van der Waals surface area contributed by atoms with Gasteiger partial charge in [0.15, 0.2) is 5.78 Å². The largest absolute Gasteiger partial charge is 0.455 e. The molecule has 0 bridgehead atoms. The van der Waals surface area contributed by atoms with Gasteiger partial charge in [-0.3, -0.25) is 19.7 Å². The molecule has 36 heavy (non-hydrogen) atoms. The van der Waals surface area contributed by atoms with Crippen molar-refractivity contribution in [1.29, 1.82) is 0 Å². The molecule has 0 N–H and O–H groups in total. The number of benzene rings is 2. The lowest BCUT2D eigenvalue weighted by molar-refractivity contribution is -0.384. The predicted molar refractivity (Wildman–Crippen MR) is 131 cm³/mol. The Balaban J connectivity index is 1.44. The maximum atomic E-state index is 13.7. The second-order valence-corrected chi connectivity index (χ2v) is 10.3. The van der Waals surface area contributed by atoms with Crippen LogP contribution < -0.4 is 5.06 Å². The van der Waals surface area contributed by atoms with E-state index in [2.05, 4.69) is 6.92 Å². The van der Waals surface area contributed by atoms with Crippen molar-refractivity contribution < 1.29 is 24.1 Å². The summed E-state index contributed by atoms with van der Waals surface area (Å²) in [5.41, 5.74) is 1.31. The fourth-order valence-corrected chi connectivity index (χ4v) is 6.48. The van der Waals surface area contributed by atoms with E-state index in [0.29, 0.717) is 17.6 Å². The van der Waals surface area contributed by atoms with Crippen LogP contribution >= 0.6 is 0 Å². The first-order valence-corrected chi connectivity index (χ1v) is 12.2. The highest BCUT2D eigenvalue weighted by atomic mass is 16.7. The number of para-hydroxylation sites is 1. The van der Waals surface area contributed by atoms with E-state index in [-0.39, 0.29) is 29.2 Å². The van der Waals surface area contributed by atoms with Crippen molar-refractivity contribution in [2.75, 3.05) is 5.06 Å². The summed E-state index contributed by atoms with van der Waals surface area (Å²) in [7, 11) is 0. The SMILES string of the molecule is CC1=C2[C@H]3OC(=O)C4(C[C@H](c5cccc([N+](=O)[O-])c5)N(c5ccccc5)O4)[C@@H]3CC[C@@]2(C)C=CC1=O. The topological polar surface area (TPSA) is 99.0 Å². The van der Waals surface area contributed by atoms with Gasteiger partial charge in [0, 0.05) is 35.5 Å². The Bertz CT molecular complexity index is 1350. The van der Waals surface area contributed by atoms with Gasteiger partial charge in [0.1, 0.15) is 6.10 Å². The summed E-state index contributed by atoms with van der Waals surface area (Å²) in [6.07, 6.45) is 4.74. The van der Waals surface area contributed by atoms with E-state index in [1.807, 2.05) is 42.5 Å². The van der Waals surface area contributed by atoms with Crippen LogP contribution in [-0.2, 0) is 19.2 Å². The number of hydroxylamine groups is 1. The molecule has 2 aliphatic heterocycles. The normalized spacial score (nSPS) is 33.1. The van der Waals surface area contributed by atoms with Gasteiger partial charge in [-0.1, -0.05) is 43.3 Å². The molecule has 4 aliphatic rings. The third-order valence-corrected chi connectivity index (χ3v) is 8.31. The number of allylic oxidation sites excluding steroid dienone is 3. The predicted octanol–water partition coefficient (Wildman–Crippen LogP) is 5.01. The van der Waals surface area contributed by atoms with E-state index in [1.54, 1.807) is 24.1 Å². The average molecular weight is 487 g/mol. The maximum absolute atomic E-state index is 13.7. The Morgan fingerprint density at radius 1 is 1.11 bits per heavy atom. The van der Waals surface area contributed by atoms with Gasteiger partial charge in [0.05, 0.1) is 16.7 Å². The van der Waals surface area contributed by atoms with E-state index in [0.717, 1.165) is 17.7 Å². The highest BCUT2D eigenvalue weighted by Gasteiger charge is 2.68. The summed E-state index contributed by atoms with van der Waals surface area (Å²) in [5.74, 6) is -0.789. The summed E-state index contributed by atoms with van der Waals surface area (Å²) in [6.45, 7) is 3.89. The monoisotopic (exact) mass is 486 g/mol. The number of hydrogen-bond acceptors (Lipinski definition) is 7. The minimum Gasteiger partial charge on any atom is -0.455 e. The molecule has 8 nitrogen and oxygen atoms in total. The third kappa shape index (κ3) is 3.17. The number of carbonyl (C=O) groups excluding carboxylic acids is 2. The number of hydrogen-bond donors (Lipinski definition) is 0. The van der Waals surface area contributed by atoms with Gasteiger partial charge >= 0.3 is 5.97 Å². The fourth-order valence-electron chi connectivity index (χ4n) is 6.48. The minimum atomic E-state index is -1.26. The van der Waals surface area contributed by atoms with E-state index in [9.17, 15) is 19.7 Å². The zero-order valence-electron chi connectivity index (χ0n) is 20.0. The number of nitrogens with zero attached hydrogens (tertiary/aromatic N) is 2. The highest BCUT2D eigenvalue weighted by molar-refractivity contribution is 6.06. The quantitative estimate of drug-likeness (QED) is 0.341. The van der Waals surface area contributed by atoms with Crippen molar-refractivity contribution in [2.45, 2.75) is 50.9 Å². The lowest BCUT2D eigenvalue weighted by Gasteiger charge is -2.44. The number of anilines is 1. The van der Waals surface area contributed by atoms with Crippen molar-refractivity contribution in [3.05, 3.63) is 93.6 Å². The Labute approximate surface area is 208 Å². The number of nitro benzene ring substituents is 1. The summed E-state index contributed by atoms with van der Waals surface area (Å²) < 4.78 is 6.04. The van der Waals surface area contributed by atoms with Crippen LogP contribution in [0.2, 0.25) is 0 Å². The van der Waals surface area contributed by atoms with Crippen LogP contribution in [0.5, 0.6) is 0 Å². The van der Waals surface area contributed by atoms with Gasteiger partial charge in [0.25, 0.3) is 5.69 Å². The highest BCUT2D eigenvalue weighted by Crippen LogP contribution is 2.59. The number of esters is 1. The first-order valence-electron chi connectivity index (χ1n) is 12.2. The number of ketones is 1. The minimum absolute atomic E-state index is 0.0185. The molecule has 2 aliphatic carbocycles. The molecule has 184 valence electrons. The fraction of sp³-hybridized carbons (Fsp3) is 0.357. The van der Waals surface area contributed by atoms with Crippen LogP contribution in [0.4, 0.5) is 11.4 Å². The van der Waals surface area contributed by atoms with Gasteiger partial charge in [-0.25, -0.2) is 9.86 Å². The molecule has 5 atom stereocenters. The molecule has 8 heteroatoms. The van der Waals surface area contributed by atoms with Crippen molar-refractivity contribution in [1.82, 2.24) is 0 Å². The van der Waals surface area contributed by atoms with Crippen molar-refractivity contribution >= 4 is 23.1 Å². The van der Waals surface area contributed by atoms with Gasteiger partial charge < -0.3 is 4.74 Å². The zero-order valence-corrected chi connectivity index (χ0v) is 20.0. The maximum Gasteiger partial charge on any atom is 0.342 e. The molecular weight excluding hydrogens is 460 g/mol. The molecule has 2 saturated heterocycles. The average Bonchev–Trinajstić information content (AvgIpc) is 3.41. The van der Waals surface area contributed by atoms with Crippen LogP contribution in [-0.4, -0.2) is 28.4 Å². The summed E-state index contributed by atoms with van der Waals surface area (Å²) in [4.78, 5) is 43.8. The van der Waals surface area contributed by atoms with Crippen LogP contribution in [0.1, 0.15) is 44.7 Å². The number of rotatable bonds is 3. The zero-order chi connectivity index (χ0) is 25.2.